The fourth-order valence-electron chi connectivity index (χ4n) is 3.18. The number of benzene rings is 3. The molecule has 3 aromatic carbocycles. The molecule has 0 aliphatic heterocycles. The van der Waals surface area contributed by atoms with E-state index in [4.69, 9.17) is 13.9 Å². The maximum absolute atomic E-state index is 13.3. The van der Waals surface area contributed by atoms with Crippen LogP contribution in [0.3, 0.4) is 0 Å². The van der Waals surface area contributed by atoms with E-state index < -0.39 is 5.97 Å². The number of hydrogen-bond acceptors (Lipinski definition) is 5. The van der Waals surface area contributed by atoms with Crippen molar-refractivity contribution in [3.8, 4) is 22.8 Å². The number of rotatable bonds is 4. The molecular formula is C25H20O5. The Balaban J connectivity index is 1.87. The number of fused-ring (bicyclic) bond motifs is 1. The Kier molecular flexibility index (Phi) is 5.11. The Morgan fingerprint density at radius 2 is 1.57 bits per heavy atom. The van der Waals surface area contributed by atoms with Crippen LogP contribution in [0.5, 0.6) is 11.5 Å². The second-order valence-electron chi connectivity index (χ2n) is 7.01. The topological polar surface area (TPSA) is 65.7 Å². The van der Waals surface area contributed by atoms with Crippen molar-refractivity contribution in [2.45, 2.75) is 13.8 Å². The second kappa shape index (κ2) is 7.87. The lowest BCUT2D eigenvalue weighted by Gasteiger charge is -2.12. The van der Waals surface area contributed by atoms with E-state index >= 15 is 0 Å². The summed E-state index contributed by atoms with van der Waals surface area (Å²) in [7, 11) is 1.55. The van der Waals surface area contributed by atoms with Gasteiger partial charge >= 0.3 is 5.97 Å². The number of aryl methyl sites for hydroxylation is 2. The molecule has 0 saturated heterocycles. The van der Waals surface area contributed by atoms with E-state index in [1.165, 1.54) is 0 Å². The van der Waals surface area contributed by atoms with Gasteiger partial charge in [-0.15, -0.1) is 0 Å². The van der Waals surface area contributed by atoms with Crippen LogP contribution in [-0.4, -0.2) is 13.1 Å². The summed E-state index contributed by atoms with van der Waals surface area (Å²) in [5.41, 5.74) is 2.97. The van der Waals surface area contributed by atoms with Gasteiger partial charge in [-0.2, -0.15) is 0 Å². The first kappa shape index (κ1) is 19.5. The maximum Gasteiger partial charge on any atom is 0.343 e. The van der Waals surface area contributed by atoms with Crippen molar-refractivity contribution in [2.75, 3.05) is 7.11 Å². The van der Waals surface area contributed by atoms with Crippen molar-refractivity contribution in [1.29, 1.82) is 0 Å². The number of carbonyl (C=O) groups excluding carboxylic acids is 1. The molecule has 0 unspecified atom stereocenters. The van der Waals surface area contributed by atoms with Gasteiger partial charge in [0, 0.05) is 5.56 Å². The molecule has 30 heavy (non-hydrogen) atoms. The number of carbonyl (C=O) groups is 1. The Bertz CT molecular complexity index is 1290. The van der Waals surface area contributed by atoms with Crippen LogP contribution >= 0.6 is 0 Å². The zero-order valence-electron chi connectivity index (χ0n) is 16.9. The molecule has 0 bridgehead atoms. The Labute approximate surface area is 173 Å². The van der Waals surface area contributed by atoms with Gasteiger partial charge in [-0.05, 0) is 61.4 Å². The highest BCUT2D eigenvalue weighted by molar-refractivity contribution is 5.93. The van der Waals surface area contributed by atoms with Crippen LogP contribution in [0, 0.1) is 13.8 Å². The molecule has 5 nitrogen and oxygen atoms in total. The smallest absolute Gasteiger partial charge is 0.343 e. The number of hydrogen-bond donors (Lipinski definition) is 0. The van der Waals surface area contributed by atoms with Crippen LogP contribution in [0.1, 0.15) is 21.5 Å². The molecule has 0 fully saturated rings. The second-order valence-corrected chi connectivity index (χ2v) is 7.01. The predicted molar refractivity (Wildman–Crippen MR) is 115 cm³/mol. The van der Waals surface area contributed by atoms with Crippen molar-refractivity contribution < 1.29 is 18.7 Å². The van der Waals surface area contributed by atoms with Gasteiger partial charge in [0.25, 0.3) is 0 Å². The van der Waals surface area contributed by atoms with E-state index in [1.807, 2.05) is 38.1 Å². The van der Waals surface area contributed by atoms with Gasteiger partial charge in [0.15, 0.2) is 5.76 Å². The molecule has 0 atom stereocenters. The van der Waals surface area contributed by atoms with E-state index in [0.29, 0.717) is 27.8 Å². The monoisotopic (exact) mass is 400 g/mol. The van der Waals surface area contributed by atoms with Gasteiger partial charge in [-0.25, -0.2) is 4.79 Å². The SMILES string of the molecule is COc1ccc(C(=O)Oc2c(-c3ccccc3)oc3cc(C)c(C)cc3c2=O)cc1. The molecular weight excluding hydrogens is 380 g/mol. The van der Waals surface area contributed by atoms with Gasteiger partial charge in [0.05, 0.1) is 18.1 Å². The van der Waals surface area contributed by atoms with E-state index in [1.54, 1.807) is 49.6 Å². The van der Waals surface area contributed by atoms with Crippen molar-refractivity contribution in [1.82, 2.24) is 0 Å². The average molecular weight is 400 g/mol. The standard InChI is InChI=1S/C25H20O5/c1-15-13-20-21(14-16(15)2)29-23(17-7-5-4-6-8-17)24(22(20)26)30-25(27)18-9-11-19(28-3)12-10-18/h4-14H,1-3H3. The van der Waals surface area contributed by atoms with Gasteiger partial charge in [-0.3, -0.25) is 4.79 Å². The van der Waals surface area contributed by atoms with Crippen molar-refractivity contribution in [3.05, 3.63) is 93.6 Å². The van der Waals surface area contributed by atoms with Gasteiger partial charge in [0.1, 0.15) is 11.3 Å². The lowest BCUT2D eigenvalue weighted by Crippen LogP contribution is -2.16. The van der Waals surface area contributed by atoms with E-state index in [-0.39, 0.29) is 16.9 Å². The molecule has 4 rings (SSSR count). The summed E-state index contributed by atoms with van der Waals surface area (Å²) < 4.78 is 16.8. The van der Waals surface area contributed by atoms with Crippen molar-refractivity contribution >= 4 is 16.9 Å². The quantitative estimate of drug-likeness (QED) is 0.435. The zero-order valence-corrected chi connectivity index (χ0v) is 16.9. The fraction of sp³-hybridized carbons (Fsp3) is 0.120. The zero-order chi connectivity index (χ0) is 21.3. The summed E-state index contributed by atoms with van der Waals surface area (Å²) in [5.74, 6) is 0.0638. The Hall–Kier alpha value is -3.86. The van der Waals surface area contributed by atoms with E-state index in [9.17, 15) is 9.59 Å². The summed E-state index contributed by atoms with van der Waals surface area (Å²) in [6, 6.07) is 19.2. The summed E-state index contributed by atoms with van der Waals surface area (Å²) in [6.07, 6.45) is 0. The minimum Gasteiger partial charge on any atom is -0.497 e. The first-order chi connectivity index (χ1) is 14.5. The van der Waals surface area contributed by atoms with E-state index in [2.05, 4.69) is 0 Å². The largest absolute Gasteiger partial charge is 0.497 e. The first-order valence-corrected chi connectivity index (χ1v) is 9.47. The van der Waals surface area contributed by atoms with Gasteiger partial charge < -0.3 is 13.9 Å². The van der Waals surface area contributed by atoms with Crippen LogP contribution in [0.4, 0.5) is 0 Å². The third-order valence-corrected chi connectivity index (χ3v) is 5.02. The molecule has 5 heteroatoms. The van der Waals surface area contributed by atoms with Gasteiger partial charge in [0.2, 0.25) is 11.2 Å². The average Bonchev–Trinajstić information content (AvgIpc) is 2.77. The number of methoxy groups -OCH3 is 1. The Morgan fingerprint density at radius 1 is 0.900 bits per heavy atom. The molecule has 0 spiro atoms. The summed E-state index contributed by atoms with van der Waals surface area (Å²) >= 11 is 0. The van der Waals surface area contributed by atoms with Crippen molar-refractivity contribution in [2.24, 2.45) is 0 Å². The molecule has 4 aromatic rings. The van der Waals surface area contributed by atoms with Gasteiger partial charge in [-0.1, -0.05) is 30.3 Å². The normalized spacial score (nSPS) is 10.8. The van der Waals surface area contributed by atoms with Crippen molar-refractivity contribution in [3.63, 3.8) is 0 Å². The molecule has 0 aliphatic carbocycles. The molecule has 1 heterocycles. The molecule has 150 valence electrons. The van der Waals surface area contributed by atoms with Crippen LogP contribution in [0.2, 0.25) is 0 Å². The van der Waals surface area contributed by atoms with Crippen LogP contribution in [0.25, 0.3) is 22.3 Å². The lowest BCUT2D eigenvalue weighted by atomic mass is 10.0. The molecule has 0 radical (unpaired) electrons. The highest BCUT2D eigenvalue weighted by Gasteiger charge is 2.21. The lowest BCUT2D eigenvalue weighted by molar-refractivity contribution is 0.0731. The summed E-state index contributed by atoms with van der Waals surface area (Å²) in [5, 5.41) is 0.371. The van der Waals surface area contributed by atoms with Crippen LogP contribution in [-0.2, 0) is 0 Å². The number of esters is 1. The molecule has 0 aliphatic rings. The minimum absolute atomic E-state index is 0.127. The molecule has 0 N–H and O–H groups in total. The highest BCUT2D eigenvalue weighted by Crippen LogP contribution is 2.32. The highest BCUT2D eigenvalue weighted by atomic mass is 16.5. The molecule has 1 aromatic heterocycles. The molecule has 0 saturated carbocycles. The van der Waals surface area contributed by atoms with Crippen LogP contribution in [0.15, 0.2) is 75.9 Å². The van der Waals surface area contributed by atoms with Crippen LogP contribution < -0.4 is 14.9 Å². The minimum atomic E-state index is -0.648. The summed E-state index contributed by atoms with van der Waals surface area (Å²) in [6.45, 7) is 3.87. The number of ether oxygens (including phenoxy) is 2. The summed E-state index contributed by atoms with van der Waals surface area (Å²) in [4.78, 5) is 26.1. The first-order valence-electron chi connectivity index (χ1n) is 9.47. The fourth-order valence-corrected chi connectivity index (χ4v) is 3.18. The third-order valence-electron chi connectivity index (χ3n) is 5.02. The molecule has 0 amide bonds. The third kappa shape index (κ3) is 3.57. The Morgan fingerprint density at radius 3 is 2.23 bits per heavy atom. The predicted octanol–water partition coefficient (Wildman–Crippen LogP) is 5.30. The maximum atomic E-state index is 13.3. The van der Waals surface area contributed by atoms with E-state index in [0.717, 1.165) is 11.1 Å².